The molecule has 134 valence electrons. The lowest BCUT2D eigenvalue weighted by Crippen LogP contribution is -2.31. The number of carbonyl (C=O) groups excluding carboxylic acids is 1. The normalized spacial score (nSPS) is 10.9. The fraction of sp³-hybridized carbons (Fsp3) is 0.278. The Morgan fingerprint density at radius 2 is 1.88 bits per heavy atom. The summed E-state index contributed by atoms with van der Waals surface area (Å²) in [5.74, 6) is 0.245. The SMILES string of the molecule is Cc1ccc(-n2nnc(C(=O)NC(C)C)c2CSc2ncccn2)cc1. The molecule has 0 aliphatic carbocycles. The molecule has 0 bridgehead atoms. The van der Waals surface area contributed by atoms with E-state index in [1.165, 1.54) is 11.8 Å². The minimum absolute atomic E-state index is 0.0185. The van der Waals surface area contributed by atoms with Gasteiger partial charge in [0.15, 0.2) is 10.9 Å². The highest BCUT2D eigenvalue weighted by Crippen LogP contribution is 2.23. The molecule has 0 saturated carbocycles. The number of hydrogen-bond acceptors (Lipinski definition) is 6. The Morgan fingerprint density at radius 1 is 1.19 bits per heavy atom. The van der Waals surface area contributed by atoms with Gasteiger partial charge in [-0.25, -0.2) is 14.6 Å². The molecule has 2 heterocycles. The molecule has 0 spiro atoms. The van der Waals surface area contributed by atoms with Crippen LogP contribution in [-0.2, 0) is 5.75 Å². The van der Waals surface area contributed by atoms with Crippen molar-refractivity contribution in [3.05, 3.63) is 59.7 Å². The molecule has 26 heavy (non-hydrogen) atoms. The van der Waals surface area contributed by atoms with Crippen molar-refractivity contribution in [2.24, 2.45) is 0 Å². The van der Waals surface area contributed by atoms with Crippen molar-refractivity contribution in [3.63, 3.8) is 0 Å². The zero-order valence-electron chi connectivity index (χ0n) is 14.9. The lowest BCUT2D eigenvalue weighted by atomic mass is 10.2. The smallest absolute Gasteiger partial charge is 0.274 e. The second-order valence-corrected chi connectivity index (χ2v) is 7.02. The summed E-state index contributed by atoms with van der Waals surface area (Å²) in [6, 6.07) is 9.71. The van der Waals surface area contributed by atoms with Crippen molar-refractivity contribution in [1.82, 2.24) is 30.3 Å². The molecular weight excluding hydrogens is 348 g/mol. The summed E-state index contributed by atoms with van der Waals surface area (Å²) in [5, 5.41) is 11.8. The summed E-state index contributed by atoms with van der Waals surface area (Å²) in [5.41, 5.74) is 3.05. The van der Waals surface area contributed by atoms with E-state index in [1.807, 2.05) is 45.0 Å². The van der Waals surface area contributed by atoms with Gasteiger partial charge in [-0.1, -0.05) is 34.7 Å². The van der Waals surface area contributed by atoms with Crippen molar-refractivity contribution in [1.29, 1.82) is 0 Å². The Balaban J connectivity index is 1.94. The second-order valence-electron chi connectivity index (χ2n) is 6.08. The van der Waals surface area contributed by atoms with Crippen molar-refractivity contribution in [2.45, 2.75) is 37.7 Å². The Bertz CT molecular complexity index is 876. The quantitative estimate of drug-likeness (QED) is 0.532. The number of benzene rings is 1. The highest BCUT2D eigenvalue weighted by Gasteiger charge is 2.21. The van der Waals surface area contributed by atoms with Crippen molar-refractivity contribution in [3.8, 4) is 5.69 Å². The van der Waals surface area contributed by atoms with Gasteiger partial charge in [0, 0.05) is 24.2 Å². The van der Waals surface area contributed by atoms with Gasteiger partial charge in [0.25, 0.3) is 5.91 Å². The largest absolute Gasteiger partial charge is 0.348 e. The van der Waals surface area contributed by atoms with E-state index in [0.29, 0.717) is 22.3 Å². The van der Waals surface area contributed by atoms with Gasteiger partial charge in [0.1, 0.15) is 0 Å². The van der Waals surface area contributed by atoms with Crippen LogP contribution in [0.25, 0.3) is 5.69 Å². The fourth-order valence-electron chi connectivity index (χ4n) is 2.32. The molecule has 1 N–H and O–H groups in total. The Hall–Kier alpha value is -2.74. The Morgan fingerprint density at radius 3 is 2.54 bits per heavy atom. The third-order valence-corrected chi connectivity index (χ3v) is 4.44. The molecule has 0 radical (unpaired) electrons. The van der Waals surface area contributed by atoms with Crippen LogP contribution in [0.15, 0.2) is 47.9 Å². The van der Waals surface area contributed by atoms with Gasteiger partial charge < -0.3 is 5.32 Å². The van der Waals surface area contributed by atoms with E-state index in [4.69, 9.17) is 0 Å². The third-order valence-electron chi connectivity index (χ3n) is 3.56. The van der Waals surface area contributed by atoms with Gasteiger partial charge in [-0.15, -0.1) is 5.10 Å². The summed E-state index contributed by atoms with van der Waals surface area (Å²) in [7, 11) is 0. The molecule has 1 aromatic carbocycles. The van der Waals surface area contributed by atoms with Gasteiger partial charge >= 0.3 is 0 Å². The summed E-state index contributed by atoms with van der Waals surface area (Å²) < 4.78 is 1.70. The maximum Gasteiger partial charge on any atom is 0.274 e. The summed E-state index contributed by atoms with van der Waals surface area (Å²) in [6.07, 6.45) is 3.38. The van der Waals surface area contributed by atoms with Crippen molar-refractivity contribution >= 4 is 17.7 Å². The van der Waals surface area contributed by atoms with E-state index in [0.717, 1.165) is 11.3 Å². The number of carbonyl (C=O) groups is 1. The number of rotatable bonds is 6. The predicted molar refractivity (Wildman–Crippen MR) is 100 cm³/mol. The number of aromatic nitrogens is 5. The minimum Gasteiger partial charge on any atom is -0.348 e. The van der Waals surface area contributed by atoms with Crippen LogP contribution in [0.4, 0.5) is 0 Å². The second kappa shape index (κ2) is 8.09. The van der Waals surface area contributed by atoms with Crippen LogP contribution in [-0.4, -0.2) is 36.9 Å². The summed E-state index contributed by atoms with van der Waals surface area (Å²) in [4.78, 5) is 21.0. The van der Waals surface area contributed by atoms with Crippen LogP contribution >= 0.6 is 11.8 Å². The van der Waals surface area contributed by atoms with Gasteiger partial charge in [0.2, 0.25) is 0 Å². The maximum absolute atomic E-state index is 12.5. The average molecular weight is 368 g/mol. The summed E-state index contributed by atoms with van der Waals surface area (Å²) >= 11 is 1.44. The molecule has 3 rings (SSSR count). The van der Waals surface area contributed by atoms with Gasteiger partial charge in [0.05, 0.1) is 11.4 Å². The van der Waals surface area contributed by atoms with Crippen LogP contribution in [0, 0.1) is 6.92 Å². The summed E-state index contributed by atoms with van der Waals surface area (Å²) in [6.45, 7) is 5.85. The zero-order chi connectivity index (χ0) is 18.5. The first-order valence-electron chi connectivity index (χ1n) is 8.27. The number of nitrogens with zero attached hydrogens (tertiary/aromatic N) is 5. The number of aryl methyl sites for hydroxylation is 1. The van der Waals surface area contributed by atoms with Gasteiger partial charge in [-0.3, -0.25) is 4.79 Å². The maximum atomic E-state index is 12.5. The number of thioether (sulfide) groups is 1. The van der Waals surface area contributed by atoms with E-state index in [9.17, 15) is 4.79 Å². The molecule has 0 atom stereocenters. The Labute approximate surface area is 156 Å². The lowest BCUT2D eigenvalue weighted by Gasteiger charge is -2.10. The minimum atomic E-state index is -0.233. The number of nitrogens with one attached hydrogen (secondary N) is 1. The van der Waals surface area contributed by atoms with Crippen LogP contribution in [0.5, 0.6) is 0 Å². The molecule has 3 aromatic rings. The molecule has 0 saturated heterocycles. The van der Waals surface area contributed by atoms with Crippen molar-refractivity contribution < 1.29 is 4.79 Å². The van der Waals surface area contributed by atoms with Gasteiger partial charge in [-0.05, 0) is 39.0 Å². The number of amides is 1. The molecule has 0 unspecified atom stereocenters. The topological polar surface area (TPSA) is 85.6 Å². The van der Waals surface area contributed by atoms with Crippen LogP contribution < -0.4 is 5.32 Å². The molecule has 1 amide bonds. The fourth-order valence-corrected chi connectivity index (χ4v) is 3.12. The molecular formula is C18H20N6OS. The first-order chi connectivity index (χ1) is 12.5. The van der Waals surface area contributed by atoms with E-state index in [-0.39, 0.29) is 11.9 Å². The van der Waals surface area contributed by atoms with Crippen LogP contribution in [0.3, 0.4) is 0 Å². The standard InChI is InChI=1S/C18H20N6OS/c1-12(2)21-17(25)16-15(11-26-18-19-9-4-10-20-18)24(23-22-16)14-7-5-13(3)6-8-14/h4-10,12H,11H2,1-3H3,(H,21,25). The van der Waals surface area contributed by atoms with Crippen LogP contribution in [0.2, 0.25) is 0 Å². The van der Waals surface area contributed by atoms with Crippen LogP contribution in [0.1, 0.15) is 35.6 Å². The number of hydrogen-bond donors (Lipinski definition) is 1. The highest BCUT2D eigenvalue weighted by molar-refractivity contribution is 7.98. The predicted octanol–water partition coefficient (Wildman–Crippen LogP) is 2.80. The highest BCUT2D eigenvalue weighted by atomic mass is 32.2. The molecule has 8 heteroatoms. The Kier molecular flexibility index (Phi) is 5.62. The van der Waals surface area contributed by atoms with Crippen molar-refractivity contribution in [2.75, 3.05) is 0 Å². The molecule has 0 fully saturated rings. The van der Waals surface area contributed by atoms with Gasteiger partial charge in [-0.2, -0.15) is 0 Å². The van der Waals surface area contributed by atoms with E-state index >= 15 is 0 Å². The first-order valence-corrected chi connectivity index (χ1v) is 9.25. The molecule has 0 aliphatic rings. The third kappa shape index (κ3) is 4.26. The molecule has 7 nitrogen and oxygen atoms in total. The zero-order valence-corrected chi connectivity index (χ0v) is 15.7. The van der Waals surface area contributed by atoms with E-state index in [1.54, 1.807) is 23.1 Å². The van der Waals surface area contributed by atoms with E-state index in [2.05, 4.69) is 25.6 Å². The molecule has 2 aromatic heterocycles. The molecule has 0 aliphatic heterocycles. The van der Waals surface area contributed by atoms with E-state index < -0.39 is 0 Å². The average Bonchev–Trinajstić information content (AvgIpc) is 3.05. The first kappa shape index (κ1) is 18.1. The monoisotopic (exact) mass is 368 g/mol. The lowest BCUT2D eigenvalue weighted by molar-refractivity contribution is 0.0937.